The molecule has 0 radical (unpaired) electrons. The number of hydrogen-bond acceptors (Lipinski definition) is 6. The third kappa shape index (κ3) is 3.68. The topological polar surface area (TPSA) is 78.7 Å². The van der Waals surface area contributed by atoms with Crippen molar-refractivity contribution in [1.82, 2.24) is 19.7 Å². The number of amides is 1. The third-order valence-corrected chi connectivity index (χ3v) is 6.19. The fourth-order valence-electron chi connectivity index (χ4n) is 4.39. The smallest absolute Gasteiger partial charge is 0.254 e. The second kappa shape index (κ2) is 8.43. The largest absolute Gasteiger partial charge is 0.486 e. The molecule has 0 atom stereocenters. The van der Waals surface area contributed by atoms with Crippen LogP contribution < -0.4 is 9.47 Å². The number of fused-ring (bicyclic) bond motifs is 2. The Kier molecular flexibility index (Phi) is 5.46. The van der Waals surface area contributed by atoms with Crippen molar-refractivity contribution in [3.05, 3.63) is 36.0 Å². The number of nitrogens with zero attached hydrogens (tertiary/aromatic N) is 4. The summed E-state index contributed by atoms with van der Waals surface area (Å²) in [5.41, 5.74) is 2.93. The maximum Gasteiger partial charge on any atom is 0.254 e. The van der Waals surface area contributed by atoms with E-state index in [2.05, 4.69) is 18.9 Å². The molecular weight excluding hydrogens is 408 g/mol. The summed E-state index contributed by atoms with van der Waals surface area (Å²) in [6.45, 7) is 6.54. The van der Waals surface area contributed by atoms with Crippen LogP contribution in [0.15, 0.2) is 30.5 Å². The van der Waals surface area contributed by atoms with E-state index in [0.717, 1.165) is 29.5 Å². The molecule has 168 valence electrons. The molecule has 8 nitrogen and oxygen atoms in total. The Labute approximate surface area is 187 Å². The number of carbonyl (C=O) groups excluding carboxylic acids is 1. The lowest BCUT2D eigenvalue weighted by molar-refractivity contribution is 0.0352. The summed E-state index contributed by atoms with van der Waals surface area (Å²) < 4.78 is 18.7. The van der Waals surface area contributed by atoms with Gasteiger partial charge in [0.25, 0.3) is 5.91 Å². The Morgan fingerprint density at radius 2 is 1.88 bits per heavy atom. The number of carbonyl (C=O) groups is 1. The lowest BCUT2D eigenvalue weighted by atomic mass is 10.0. The molecule has 1 amide bonds. The average molecular weight is 437 g/mol. The Hall–Kier alpha value is -3.13. The molecule has 0 spiro atoms. The fraction of sp³-hybridized carbons (Fsp3) is 0.458. The Balaban J connectivity index is 1.59. The van der Waals surface area contributed by atoms with Crippen molar-refractivity contribution in [3.8, 4) is 22.8 Å². The maximum absolute atomic E-state index is 13.6. The lowest BCUT2D eigenvalue weighted by Gasteiger charge is -2.31. The number of piperidine rings is 1. The normalized spacial score (nSPS) is 16.7. The monoisotopic (exact) mass is 436 g/mol. The van der Waals surface area contributed by atoms with E-state index in [4.69, 9.17) is 19.2 Å². The summed E-state index contributed by atoms with van der Waals surface area (Å²) in [6.07, 6.45) is 3.66. The van der Waals surface area contributed by atoms with Crippen LogP contribution in [0.3, 0.4) is 0 Å². The van der Waals surface area contributed by atoms with Crippen LogP contribution in [0.4, 0.5) is 0 Å². The molecule has 0 aliphatic carbocycles. The molecule has 3 aromatic rings. The summed E-state index contributed by atoms with van der Waals surface area (Å²) in [4.78, 5) is 20.4. The van der Waals surface area contributed by atoms with Crippen LogP contribution in [-0.4, -0.2) is 65.1 Å². The van der Waals surface area contributed by atoms with E-state index in [1.807, 2.05) is 33.8 Å². The van der Waals surface area contributed by atoms with E-state index in [-0.39, 0.29) is 18.1 Å². The van der Waals surface area contributed by atoms with Crippen molar-refractivity contribution in [3.63, 3.8) is 0 Å². The van der Waals surface area contributed by atoms with E-state index in [1.165, 1.54) is 0 Å². The quantitative estimate of drug-likeness (QED) is 0.621. The summed E-state index contributed by atoms with van der Waals surface area (Å²) in [7, 11) is 1.73. The SMILES string of the molecule is COC1CCN(C(=O)c2cc(-c3ccc4c(c3)OCCO4)nc3c2cnn3C(C)C)CC1. The minimum absolute atomic E-state index is 0.00838. The van der Waals surface area contributed by atoms with E-state index in [1.54, 1.807) is 13.3 Å². The first kappa shape index (κ1) is 20.8. The molecule has 32 heavy (non-hydrogen) atoms. The summed E-state index contributed by atoms with van der Waals surface area (Å²) in [5.74, 6) is 1.43. The second-order valence-electron chi connectivity index (χ2n) is 8.56. The van der Waals surface area contributed by atoms with Gasteiger partial charge in [0.15, 0.2) is 17.1 Å². The van der Waals surface area contributed by atoms with Gasteiger partial charge in [-0.15, -0.1) is 0 Å². The minimum atomic E-state index is 0.00838. The first-order chi connectivity index (χ1) is 15.5. The maximum atomic E-state index is 13.6. The third-order valence-electron chi connectivity index (χ3n) is 6.19. The van der Waals surface area contributed by atoms with Crippen molar-refractivity contribution in [2.24, 2.45) is 0 Å². The molecule has 2 aliphatic rings. The molecule has 2 aromatic heterocycles. The van der Waals surface area contributed by atoms with E-state index in [0.29, 0.717) is 49.0 Å². The molecule has 1 aromatic carbocycles. The van der Waals surface area contributed by atoms with Crippen molar-refractivity contribution < 1.29 is 19.0 Å². The van der Waals surface area contributed by atoms with Crippen LogP contribution in [0.25, 0.3) is 22.3 Å². The molecule has 5 rings (SSSR count). The first-order valence-electron chi connectivity index (χ1n) is 11.2. The van der Waals surface area contributed by atoms with Gasteiger partial charge in [-0.2, -0.15) is 5.10 Å². The Morgan fingerprint density at radius 1 is 1.12 bits per heavy atom. The number of pyridine rings is 1. The summed E-state index contributed by atoms with van der Waals surface area (Å²) in [6, 6.07) is 7.78. The van der Waals surface area contributed by atoms with Crippen molar-refractivity contribution in [2.45, 2.75) is 38.8 Å². The molecule has 8 heteroatoms. The van der Waals surface area contributed by atoms with Gasteiger partial charge in [0, 0.05) is 31.8 Å². The van der Waals surface area contributed by atoms with E-state index >= 15 is 0 Å². The van der Waals surface area contributed by atoms with Gasteiger partial charge in [0.2, 0.25) is 0 Å². The Morgan fingerprint density at radius 3 is 2.59 bits per heavy atom. The lowest BCUT2D eigenvalue weighted by Crippen LogP contribution is -2.40. The number of benzene rings is 1. The zero-order chi connectivity index (χ0) is 22.2. The zero-order valence-electron chi connectivity index (χ0n) is 18.7. The van der Waals surface area contributed by atoms with Gasteiger partial charge < -0.3 is 19.1 Å². The number of likely N-dealkylation sites (tertiary alicyclic amines) is 1. The Bertz CT molecular complexity index is 1150. The number of methoxy groups -OCH3 is 1. The highest BCUT2D eigenvalue weighted by molar-refractivity contribution is 6.06. The summed E-state index contributed by atoms with van der Waals surface area (Å²) >= 11 is 0. The minimum Gasteiger partial charge on any atom is -0.486 e. The molecule has 0 bridgehead atoms. The van der Waals surface area contributed by atoms with Gasteiger partial charge >= 0.3 is 0 Å². The molecule has 1 saturated heterocycles. The van der Waals surface area contributed by atoms with Crippen LogP contribution >= 0.6 is 0 Å². The van der Waals surface area contributed by atoms with Gasteiger partial charge in [-0.05, 0) is 51.0 Å². The fourth-order valence-corrected chi connectivity index (χ4v) is 4.39. The van der Waals surface area contributed by atoms with Crippen LogP contribution in [0, 0.1) is 0 Å². The molecule has 4 heterocycles. The number of aromatic nitrogens is 3. The van der Waals surface area contributed by atoms with Crippen LogP contribution in [0.2, 0.25) is 0 Å². The molecule has 0 N–H and O–H groups in total. The highest BCUT2D eigenvalue weighted by Gasteiger charge is 2.27. The molecule has 0 saturated carbocycles. The standard InChI is InChI=1S/C24H28N4O4/c1-15(2)28-23-19(14-25-28)18(24(29)27-8-6-17(30-3)7-9-27)13-20(26-23)16-4-5-21-22(12-16)32-11-10-31-21/h4-5,12-15,17H,6-11H2,1-3H3. The van der Waals surface area contributed by atoms with Crippen LogP contribution in [0.1, 0.15) is 43.1 Å². The van der Waals surface area contributed by atoms with Gasteiger partial charge in [0.1, 0.15) is 13.2 Å². The highest BCUT2D eigenvalue weighted by atomic mass is 16.6. The first-order valence-corrected chi connectivity index (χ1v) is 11.2. The van der Waals surface area contributed by atoms with E-state index in [9.17, 15) is 4.79 Å². The van der Waals surface area contributed by atoms with Crippen LogP contribution in [-0.2, 0) is 4.74 Å². The number of rotatable bonds is 4. The predicted octanol–water partition coefficient (Wildman–Crippen LogP) is 3.70. The number of hydrogen-bond donors (Lipinski definition) is 0. The highest BCUT2D eigenvalue weighted by Crippen LogP contribution is 2.35. The van der Waals surface area contributed by atoms with Gasteiger partial charge in [-0.3, -0.25) is 4.79 Å². The van der Waals surface area contributed by atoms with Crippen molar-refractivity contribution >= 4 is 16.9 Å². The molecule has 0 unspecified atom stereocenters. The van der Waals surface area contributed by atoms with E-state index < -0.39 is 0 Å². The molecular formula is C24H28N4O4. The summed E-state index contributed by atoms with van der Waals surface area (Å²) in [5, 5.41) is 5.31. The zero-order valence-corrected chi connectivity index (χ0v) is 18.7. The van der Waals surface area contributed by atoms with Crippen molar-refractivity contribution in [1.29, 1.82) is 0 Å². The number of ether oxygens (including phenoxy) is 3. The van der Waals surface area contributed by atoms with Crippen LogP contribution in [0.5, 0.6) is 11.5 Å². The van der Waals surface area contributed by atoms with Gasteiger partial charge in [0.05, 0.1) is 28.9 Å². The molecule has 2 aliphatic heterocycles. The molecule has 1 fully saturated rings. The van der Waals surface area contributed by atoms with Gasteiger partial charge in [-0.1, -0.05) is 0 Å². The van der Waals surface area contributed by atoms with Gasteiger partial charge in [-0.25, -0.2) is 9.67 Å². The average Bonchev–Trinajstić information content (AvgIpc) is 3.27. The van der Waals surface area contributed by atoms with Crippen molar-refractivity contribution in [2.75, 3.05) is 33.4 Å². The second-order valence-corrected chi connectivity index (χ2v) is 8.56. The predicted molar refractivity (Wildman–Crippen MR) is 120 cm³/mol.